The maximum absolute atomic E-state index is 10.9. The molecule has 29 heavy (non-hydrogen) atoms. The summed E-state index contributed by atoms with van der Waals surface area (Å²) < 4.78 is 58.9. The van der Waals surface area contributed by atoms with Gasteiger partial charge in [0.25, 0.3) is 0 Å². The zero-order valence-electron chi connectivity index (χ0n) is 14.6. The third kappa shape index (κ3) is 37.7. The first-order valence-electron chi connectivity index (χ1n) is 5.39. The van der Waals surface area contributed by atoms with E-state index in [0.717, 1.165) is 0 Å². The SMILES string of the molecule is COC(=O)[C-][C]1COC[C]1[C-]C(=O)OC.[C-]#[O+].[C-]#[O+].[C-]#[O+].[C-]#[O+].[C-]#[O+].[C-]#[O+].[Ru+2].[Ru]. The van der Waals surface area contributed by atoms with Crippen LogP contribution in [-0.4, -0.2) is 39.4 Å². The normalized spacial score (nSPS) is 9.31. The van der Waals surface area contributed by atoms with Gasteiger partial charge in [-0.2, -0.15) is 11.8 Å². The fraction of sp³-hybridized carbons (Fsp3) is 0.250. The molecule has 0 amide bonds. The molecular weight excluding hydrogens is 570 g/mol. The van der Waals surface area contributed by atoms with Crippen LogP contribution < -0.4 is 0 Å². The third-order valence-electron chi connectivity index (χ3n) is 1.73. The predicted octanol–water partition coefficient (Wildman–Crippen LogP) is -0.556. The van der Waals surface area contributed by atoms with Gasteiger partial charge in [-0.05, 0) is 0 Å². The van der Waals surface area contributed by atoms with Crippen LogP contribution >= 0.6 is 0 Å². The molecule has 0 N–H and O–H groups in total. The van der Waals surface area contributed by atoms with Gasteiger partial charge in [0, 0.05) is 32.7 Å². The Bertz CT molecular complexity index is 396. The summed E-state index contributed by atoms with van der Waals surface area (Å²) in [6, 6.07) is 0. The number of ether oxygens (including phenoxy) is 3. The molecule has 0 spiro atoms. The molecule has 0 atom stereocenters. The minimum Gasteiger partial charge on any atom is 0 e. The minimum atomic E-state index is -0.611. The van der Waals surface area contributed by atoms with Crippen molar-refractivity contribution in [2.45, 2.75) is 0 Å². The standard InChI is InChI=1S/C10H10O5.6CO.2Ru/c1-13-9(11)3-7-5-15-6-8(7)4-10(12)14-2;6*1-2;;/h5-6H2,1-2H3;;;;;;;;/q-2;;;;;;;;+2. The molecule has 0 aromatic heterocycles. The summed E-state index contributed by atoms with van der Waals surface area (Å²) in [5.41, 5.74) is 0. The van der Waals surface area contributed by atoms with Crippen molar-refractivity contribution in [1.82, 2.24) is 0 Å². The van der Waals surface area contributed by atoms with Crippen molar-refractivity contribution in [3.05, 3.63) is 64.6 Å². The molecule has 13 heteroatoms. The van der Waals surface area contributed by atoms with Crippen LogP contribution in [0.15, 0.2) is 0 Å². The summed E-state index contributed by atoms with van der Waals surface area (Å²) in [7, 11) is 2.50. The molecule has 1 heterocycles. The van der Waals surface area contributed by atoms with E-state index in [9.17, 15) is 9.59 Å². The van der Waals surface area contributed by atoms with Crippen LogP contribution in [0.3, 0.4) is 0 Å². The van der Waals surface area contributed by atoms with E-state index in [1.807, 2.05) is 0 Å². The van der Waals surface area contributed by atoms with Crippen LogP contribution in [0.1, 0.15) is 0 Å². The quantitative estimate of drug-likeness (QED) is 0.187. The van der Waals surface area contributed by atoms with Crippen LogP contribution in [0.2, 0.25) is 0 Å². The van der Waals surface area contributed by atoms with Crippen molar-refractivity contribution in [2.24, 2.45) is 0 Å². The van der Waals surface area contributed by atoms with Crippen LogP contribution in [0, 0.1) is 64.6 Å². The summed E-state index contributed by atoms with van der Waals surface area (Å²) >= 11 is 0. The Morgan fingerprint density at radius 2 is 0.931 bits per heavy atom. The van der Waals surface area contributed by atoms with Crippen LogP contribution in [-0.2, 0) is 90.7 Å². The first-order valence-corrected chi connectivity index (χ1v) is 5.39. The van der Waals surface area contributed by atoms with Crippen LogP contribution in [0.4, 0.5) is 0 Å². The van der Waals surface area contributed by atoms with Crippen molar-refractivity contribution in [2.75, 3.05) is 27.4 Å². The number of hydrogen-bond acceptors (Lipinski definition) is 5. The molecule has 0 aromatic carbocycles. The molecule has 0 aromatic rings. The molecule has 156 valence electrons. The summed E-state index contributed by atoms with van der Waals surface area (Å²) in [5.74, 6) is -0.293. The second kappa shape index (κ2) is 56.2. The summed E-state index contributed by atoms with van der Waals surface area (Å²) in [6.45, 7) is 27.4. The number of rotatable bonds is 4. The molecule has 1 aliphatic heterocycles. The van der Waals surface area contributed by atoms with Gasteiger partial charge in [0.05, 0.1) is 14.2 Å². The van der Waals surface area contributed by atoms with Gasteiger partial charge in [0.1, 0.15) is 11.9 Å². The molecule has 1 rings (SSSR count). The largest absolute Gasteiger partial charge is 2.00 e. The molecule has 0 aliphatic carbocycles. The van der Waals surface area contributed by atoms with Crippen LogP contribution in [0.25, 0.3) is 0 Å². The number of methoxy groups -OCH3 is 2. The maximum Gasteiger partial charge on any atom is 2.00 e. The van der Waals surface area contributed by atoms with Gasteiger partial charge in [-0.15, -0.1) is 0 Å². The van der Waals surface area contributed by atoms with E-state index >= 15 is 0 Å². The Morgan fingerprint density at radius 1 is 0.724 bits per heavy atom. The zero-order chi connectivity index (χ0) is 23.3. The Morgan fingerprint density at radius 3 is 1.10 bits per heavy atom. The van der Waals surface area contributed by atoms with Crippen molar-refractivity contribution < 1.29 is 90.7 Å². The molecule has 1 aliphatic rings. The van der Waals surface area contributed by atoms with E-state index in [4.69, 9.17) is 32.6 Å². The molecular formula is C16H10O11Ru2. The Hall–Kier alpha value is -1.67. The topological polar surface area (TPSA) is 181 Å². The second-order valence-electron chi connectivity index (χ2n) is 2.68. The second-order valence-corrected chi connectivity index (χ2v) is 2.68. The molecule has 4 radical (unpaired) electrons. The average molecular weight is 580 g/mol. The Balaban J connectivity index is -0.0000000453. The van der Waals surface area contributed by atoms with E-state index in [-0.39, 0.29) is 52.2 Å². The van der Waals surface area contributed by atoms with E-state index in [1.165, 1.54) is 14.2 Å². The van der Waals surface area contributed by atoms with Gasteiger partial charge in [-0.25, -0.2) is 0 Å². The van der Waals surface area contributed by atoms with Crippen molar-refractivity contribution in [1.29, 1.82) is 0 Å². The summed E-state index contributed by atoms with van der Waals surface area (Å²) in [4.78, 5) is 21.8. The molecule has 0 bridgehead atoms. The van der Waals surface area contributed by atoms with Gasteiger partial charge in [0.15, 0.2) is 0 Å². The smallest absolute Gasteiger partial charge is 0 e. The van der Waals surface area contributed by atoms with E-state index < -0.39 is 11.9 Å². The zero-order valence-corrected chi connectivity index (χ0v) is 18.1. The molecule has 11 nitrogen and oxygen atoms in total. The fourth-order valence-electron chi connectivity index (χ4n) is 1.00. The molecule has 1 fully saturated rings. The van der Waals surface area contributed by atoms with E-state index in [2.05, 4.69) is 62.2 Å². The van der Waals surface area contributed by atoms with Crippen molar-refractivity contribution >= 4 is 11.9 Å². The Kier molecular flexibility index (Phi) is 98.4. The first-order chi connectivity index (χ1) is 13.2. The van der Waals surface area contributed by atoms with Gasteiger partial charge in [0.2, 0.25) is 0 Å². The number of carbonyl (C=O) groups is 2. The van der Waals surface area contributed by atoms with Gasteiger partial charge < -0.3 is 27.1 Å². The van der Waals surface area contributed by atoms with Gasteiger partial charge in [-0.3, -0.25) is 9.59 Å². The first kappa shape index (κ1) is 50.7. The fourth-order valence-corrected chi connectivity index (χ4v) is 1.00. The van der Waals surface area contributed by atoms with Gasteiger partial charge >= 0.3 is 87.3 Å². The average Bonchev–Trinajstić information content (AvgIpc) is 3.22. The Labute approximate surface area is 194 Å². The summed E-state index contributed by atoms with van der Waals surface area (Å²) in [6.07, 6.45) is 4.86. The minimum absolute atomic E-state index is 0. The van der Waals surface area contributed by atoms with Gasteiger partial charge in [-0.1, -0.05) is 0 Å². The number of carbonyl (C=O) groups excluding carboxylic acids is 2. The monoisotopic (exact) mass is 582 g/mol. The van der Waals surface area contributed by atoms with Crippen molar-refractivity contribution in [3.8, 4) is 0 Å². The van der Waals surface area contributed by atoms with E-state index in [1.54, 1.807) is 0 Å². The van der Waals surface area contributed by atoms with Crippen LogP contribution in [0.5, 0.6) is 0 Å². The molecule has 0 saturated carbocycles. The summed E-state index contributed by atoms with van der Waals surface area (Å²) in [5, 5.41) is 0. The molecule has 1 saturated heterocycles. The molecule has 0 unspecified atom stereocenters. The van der Waals surface area contributed by atoms with E-state index in [0.29, 0.717) is 11.8 Å². The maximum atomic E-state index is 10.9. The number of hydrogen-bond donors (Lipinski definition) is 0. The predicted molar refractivity (Wildman–Crippen MR) is 71.4 cm³/mol. The number of esters is 2. The van der Waals surface area contributed by atoms with Crippen molar-refractivity contribution in [3.63, 3.8) is 0 Å². The third-order valence-corrected chi connectivity index (χ3v) is 1.73.